The minimum atomic E-state index is -0.111. The van der Waals surface area contributed by atoms with E-state index in [1.54, 1.807) is 5.06 Å². The van der Waals surface area contributed by atoms with Crippen molar-refractivity contribution in [3.8, 4) is 0 Å². The highest BCUT2D eigenvalue weighted by molar-refractivity contribution is 14.1. The lowest BCUT2D eigenvalue weighted by Crippen LogP contribution is -2.27. The maximum Gasteiger partial charge on any atom is 0.172 e. The van der Waals surface area contributed by atoms with E-state index < -0.39 is 0 Å². The van der Waals surface area contributed by atoms with Crippen LogP contribution in [-0.4, -0.2) is 38.2 Å². The summed E-state index contributed by atoms with van der Waals surface area (Å²) in [5.74, 6) is 0. The van der Waals surface area contributed by atoms with Crippen LogP contribution in [0.2, 0.25) is 0 Å². The molecule has 5 heteroatoms. The third kappa shape index (κ3) is 2.67. The molecule has 0 spiro atoms. The lowest BCUT2D eigenvalue weighted by atomic mass is 10.6. The van der Waals surface area contributed by atoms with Gasteiger partial charge < -0.3 is 9.47 Å². The van der Waals surface area contributed by atoms with E-state index in [4.69, 9.17) is 12.6 Å². The van der Waals surface area contributed by atoms with Crippen LogP contribution in [0.1, 0.15) is 0 Å². The van der Waals surface area contributed by atoms with E-state index in [1.165, 1.54) is 0 Å². The van der Waals surface area contributed by atoms with Crippen LogP contribution in [0.25, 0.3) is 0 Å². The molecule has 1 saturated heterocycles. The van der Waals surface area contributed by atoms with E-state index in [0.717, 1.165) is 0 Å². The molecule has 0 bridgehead atoms. The SMILES string of the molecule is CN(CC1OCCO1)OI. The van der Waals surface area contributed by atoms with Gasteiger partial charge in [0.25, 0.3) is 0 Å². The molecule has 0 aromatic rings. The number of rotatable bonds is 3. The molecule has 0 atom stereocenters. The van der Waals surface area contributed by atoms with Crippen LogP contribution in [0.5, 0.6) is 0 Å². The lowest BCUT2D eigenvalue weighted by molar-refractivity contribution is -0.106. The number of halogens is 1. The Kier molecular flexibility index (Phi) is 3.85. The quantitative estimate of drug-likeness (QED) is 0.547. The number of ether oxygens (including phenoxy) is 2. The molecular formula is C5H10INO3. The van der Waals surface area contributed by atoms with Crippen LogP contribution in [0.4, 0.5) is 0 Å². The fraction of sp³-hybridized carbons (Fsp3) is 1.00. The van der Waals surface area contributed by atoms with E-state index >= 15 is 0 Å². The standard InChI is InChI=1S/C5H10INO3/c1-7(10-6)4-5-8-2-3-9-5/h5H,2-4H2,1H3. The molecular weight excluding hydrogens is 249 g/mol. The van der Waals surface area contributed by atoms with Gasteiger partial charge in [0, 0.05) is 7.05 Å². The molecule has 0 amide bonds. The molecule has 0 aliphatic carbocycles. The van der Waals surface area contributed by atoms with Crippen LogP contribution < -0.4 is 0 Å². The third-order valence-corrected chi connectivity index (χ3v) is 1.89. The number of hydrogen-bond donors (Lipinski definition) is 0. The van der Waals surface area contributed by atoms with Crippen molar-refractivity contribution < 1.29 is 12.6 Å². The van der Waals surface area contributed by atoms with E-state index in [2.05, 4.69) is 0 Å². The average molecular weight is 259 g/mol. The Morgan fingerprint density at radius 2 is 2.20 bits per heavy atom. The highest BCUT2D eigenvalue weighted by Gasteiger charge is 2.17. The summed E-state index contributed by atoms with van der Waals surface area (Å²) in [5.41, 5.74) is 0. The van der Waals surface area contributed by atoms with Crippen LogP contribution >= 0.6 is 23.0 Å². The van der Waals surface area contributed by atoms with Gasteiger partial charge >= 0.3 is 0 Å². The van der Waals surface area contributed by atoms with Gasteiger partial charge in [-0.25, -0.2) is 3.17 Å². The highest BCUT2D eigenvalue weighted by atomic mass is 127. The molecule has 0 aromatic carbocycles. The summed E-state index contributed by atoms with van der Waals surface area (Å²) in [6.45, 7) is 2.04. The van der Waals surface area contributed by atoms with Gasteiger partial charge in [-0.1, -0.05) is 0 Å². The van der Waals surface area contributed by atoms with E-state index in [1.807, 2.05) is 30.1 Å². The summed E-state index contributed by atoms with van der Waals surface area (Å²) in [6.07, 6.45) is -0.111. The van der Waals surface area contributed by atoms with Crippen molar-refractivity contribution in [3.63, 3.8) is 0 Å². The number of hydroxylamine groups is 2. The van der Waals surface area contributed by atoms with Gasteiger partial charge in [0.15, 0.2) is 6.29 Å². The predicted molar refractivity (Wildman–Crippen MR) is 43.4 cm³/mol. The normalized spacial score (nSPS) is 20.7. The smallest absolute Gasteiger partial charge is 0.172 e. The van der Waals surface area contributed by atoms with Crippen molar-refractivity contribution in [1.29, 1.82) is 0 Å². The first-order chi connectivity index (χ1) is 4.83. The lowest BCUT2D eigenvalue weighted by Gasteiger charge is -2.15. The molecule has 1 heterocycles. The highest BCUT2D eigenvalue weighted by Crippen LogP contribution is 2.05. The molecule has 4 nitrogen and oxygen atoms in total. The van der Waals surface area contributed by atoms with Gasteiger partial charge in [-0.05, 0) is 0 Å². The summed E-state index contributed by atoms with van der Waals surface area (Å²) in [4.78, 5) is 0. The average Bonchev–Trinajstić information content (AvgIpc) is 2.40. The minimum absolute atomic E-state index is 0.111. The van der Waals surface area contributed by atoms with E-state index in [-0.39, 0.29) is 6.29 Å². The zero-order valence-electron chi connectivity index (χ0n) is 5.75. The third-order valence-electron chi connectivity index (χ3n) is 1.21. The molecule has 1 aliphatic rings. The second-order valence-corrected chi connectivity index (χ2v) is 2.44. The predicted octanol–water partition coefficient (Wildman–Crippen LogP) is 0.573. The Hall–Kier alpha value is 0.570. The van der Waals surface area contributed by atoms with E-state index in [0.29, 0.717) is 19.8 Å². The maximum absolute atomic E-state index is 5.18. The van der Waals surface area contributed by atoms with Crippen LogP contribution in [0.15, 0.2) is 0 Å². The monoisotopic (exact) mass is 259 g/mol. The first kappa shape index (κ1) is 8.66. The topological polar surface area (TPSA) is 30.9 Å². The van der Waals surface area contributed by atoms with Gasteiger partial charge in [0.2, 0.25) is 0 Å². The van der Waals surface area contributed by atoms with Gasteiger partial charge in [-0.15, -0.1) is 0 Å². The molecule has 0 aromatic heterocycles. The zero-order valence-corrected chi connectivity index (χ0v) is 7.91. The molecule has 0 saturated carbocycles. The van der Waals surface area contributed by atoms with Crippen molar-refractivity contribution in [2.24, 2.45) is 0 Å². The minimum Gasteiger partial charge on any atom is -0.349 e. The van der Waals surface area contributed by atoms with Crippen molar-refractivity contribution in [1.82, 2.24) is 5.06 Å². The van der Waals surface area contributed by atoms with E-state index in [9.17, 15) is 0 Å². The fourth-order valence-corrected chi connectivity index (χ4v) is 0.912. The molecule has 60 valence electrons. The van der Waals surface area contributed by atoms with Gasteiger partial charge in [0.05, 0.1) is 19.8 Å². The second kappa shape index (κ2) is 4.45. The first-order valence-corrected chi connectivity index (χ1v) is 3.94. The molecule has 0 unspecified atom stereocenters. The number of hydrogen-bond acceptors (Lipinski definition) is 4. The zero-order chi connectivity index (χ0) is 7.40. The molecule has 0 radical (unpaired) electrons. The van der Waals surface area contributed by atoms with Crippen LogP contribution in [-0.2, 0) is 12.6 Å². The maximum atomic E-state index is 5.18. The Balaban J connectivity index is 2.11. The largest absolute Gasteiger partial charge is 0.349 e. The van der Waals surface area contributed by atoms with Crippen molar-refractivity contribution in [2.75, 3.05) is 26.8 Å². The fourth-order valence-electron chi connectivity index (χ4n) is 0.751. The Bertz CT molecular complexity index is 96.9. The second-order valence-electron chi connectivity index (χ2n) is 2.05. The molecule has 1 rings (SSSR count). The first-order valence-electron chi connectivity index (χ1n) is 3.06. The van der Waals surface area contributed by atoms with Crippen LogP contribution in [0, 0.1) is 0 Å². The molecule has 10 heavy (non-hydrogen) atoms. The summed E-state index contributed by atoms with van der Waals surface area (Å²) in [6, 6.07) is 0. The summed E-state index contributed by atoms with van der Waals surface area (Å²) in [5, 5.41) is 1.66. The van der Waals surface area contributed by atoms with Crippen molar-refractivity contribution in [3.05, 3.63) is 0 Å². The Labute approximate surface area is 74.1 Å². The van der Waals surface area contributed by atoms with Gasteiger partial charge in [-0.2, -0.15) is 5.06 Å². The molecule has 1 aliphatic heterocycles. The number of nitrogens with zero attached hydrogens (tertiary/aromatic N) is 1. The summed E-state index contributed by atoms with van der Waals surface area (Å²) >= 11 is 1.81. The van der Waals surface area contributed by atoms with Crippen LogP contribution in [0.3, 0.4) is 0 Å². The Morgan fingerprint density at radius 3 is 2.70 bits per heavy atom. The van der Waals surface area contributed by atoms with Crippen molar-refractivity contribution >= 4 is 23.0 Å². The molecule has 0 N–H and O–H groups in total. The summed E-state index contributed by atoms with van der Waals surface area (Å²) in [7, 11) is 1.83. The van der Waals surface area contributed by atoms with Gasteiger partial charge in [-0.3, -0.25) is 0 Å². The van der Waals surface area contributed by atoms with Gasteiger partial charge in [0.1, 0.15) is 23.0 Å². The summed E-state index contributed by atoms with van der Waals surface area (Å²) < 4.78 is 15.2. The Morgan fingerprint density at radius 1 is 1.60 bits per heavy atom. The molecule has 1 fully saturated rings. The van der Waals surface area contributed by atoms with Crippen molar-refractivity contribution in [2.45, 2.75) is 6.29 Å². The number of likely N-dealkylation sites (N-methyl/N-ethyl adjacent to an activating group) is 1.